The van der Waals surface area contributed by atoms with Crippen LogP contribution in [0.1, 0.15) is 31.2 Å². The van der Waals surface area contributed by atoms with Crippen molar-refractivity contribution in [2.45, 2.75) is 25.7 Å². The molecule has 0 bridgehead atoms. The van der Waals surface area contributed by atoms with Gasteiger partial charge >= 0.3 is 0 Å². The van der Waals surface area contributed by atoms with Gasteiger partial charge < -0.3 is 4.90 Å². The second kappa shape index (κ2) is 6.10. The Labute approximate surface area is 103 Å². The van der Waals surface area contributed by atoms with Gasteiger partial charge in [0.05, 0.1) is 11.8 Å². The molecule has 0 amide bonds. The average Bonchev–Trinajstić information content (AvgIpc) is 2.66. The Morgan fingerprint density at radius 2 is 1.71 bits per heavy atom. The van der Waals surface area contributed by atoms with Crippen LogP contribution in [-0.4, -0.2) is 18.0 Å². The molecule has 0 saturated carbocycles. The zero-order chi connectivity index (χ0) is 11.9. The molecule has 1 aromatic rings. The third-order valence-electron chi connectivity index (χ3n) is 3.22. The molecule has 2 heteroatoms. The molecule has 0 aromatic heterocycles. The minimum atomic E-state index is 1.07. The summed E-state index contributed by atoms with van der Waals surface area (Å²) in [5, 5.41) is 8.95. The number of hydrogen-bond donors (Lipinski definition) is 0. The van der Waals surface area contributed by atoms with Crippen LogP contribution in [-0.2, 0) is 0 Å². The molecule has 1 heterocycles. The number of hydrogen-bond acceptors (Lipinski definition) is 2. The lowest BCUT2D eigenvalue weighted by atomic mass is 10.1. The molecular weight excluding hydrogens is 208 g/mol. The smallest absolute Gasteiger partial charge is 0.0934 e. The Balaban J connectivity index is 2.23. The first-order chi connectivity index (χ1) is 8.42. The van der Waals surface area contributed by atoms with E-state index in [4.69, 9.17) is 5.26 Å². The minimum Gasteiger partial charge on any atom is -0.370 e. The van der Waals surface area contributed by atoms with Crippen molar-refractivity contribution < 1.29 is 0 Å². The fourth-order valence-electron chi connectivity index (χ4n) is 2.34. The number of nitriles is 1. The summed E-state index contributed by atoms with van der Waals surface area (Å²) >= 11 is 0. The molecule has 17 heavy (non-hydrogen) atoms. The highest BCUT2D eigenvalue weighted by Gasteiger charge is 2.13. The van der Waals surface area contributed by atoms with E-state index in [0.29, 0.717) is 0 Å². The van der Waals surface area contributed by atoms with E-state index in [0.717, 1.165) is 24.4 Å². The Bertz CT molecular complexity index is 406. The summed E-state index contributed by atoms with van der Waals surface area (Å²) < 4.78 is 0. The average molecular weight is 226 g/mol. The fraction of sp³-hybridized carbons (Fsp3) is 0.400. The number of rotatable bonds is 2. The largest absolute Gasteiger partial charge is 0.370 e. The molecule has 1 fully saturated rings. The summed E-state index contributed by atoms with van der Waals surface area (Å²) in [6, 6.07) is 12.4. The molecule has 0 unspecified atom stereocenters. The second-order valence-electron chi connectivity index (χ2n) is 4.43. The van der Waals surface area contributed by atoms with Gasteiger partial charge in [0.15, 0.2) is 0 Å². The van der Waals surface area contributed by atoms with Gasteiger partial charge in [0.1, 0.15) is 0 Å². The van der Waals surface area contributed by atoms with Crippen molar-refractivity contribution >= 4 is 5.70 Å². The normalized spacial score (nSPS) is 17.4. The summed E-state index contributed by atoms with van der Waals surface area (Å²) in [7, 11) is 0. The molecule has 0 atom stereocenters. The zero-order valence-corrected chi connectivity index (χ0v) is 10.1. The van der Waals surface area contributed by atoms with Gasteiger partial charge in [0.2, 0.25) is 0 Å². The third-order valence-corrected chi connectivity index (χ3v) is 3.22. The quantitative estimate of drug-likeness (QED) is 0.722. The molecule has 2 rings (SSSR count). The molecule has 1 aliphatic heterocycles. The summed E-state index contributed by atoms with van der Waals surface area (Å²) in [6.07, 6.45) is 6.77. The summed E-state index contributed by atoms with van der Waals surface area (Å²) in [6.45, 7) is 2.14. The van der Waals surface area contributed by atoms with E-state index < -0.39 is 0 Å². The molecule has 1 aromatic carbocycles. The lowest BCUT2D eigenvalue weighted by Crippen LogP contribution is -2.23. The maximum absolute atomic E-state index is 8.95. The lowest BCUT2D eigenvalue weighted by molar-refractivity contribution is 0.413. The Kier molecular flexibility index (Phi) is 4.21. The van der Waals surface area contributed by atoms with Gasteiger partial charge in [0.25, 0.3) is 0 Å². The highest BCUT2D eigenvalue weighted by atomic mass is 15.1. The molecule has 1 aliphatic rings. The second-order valence-corrected chi connectivity index (χ2v) is 4.43. The topological polar surface area (TPSA) is 27.0 Å². The molecule has 2 nitrogen and oxygen atoms in total. The van der Waals surface area contributed by atoms with Gasteiger partial charge in [-0.25, -0.2) is 0 Å². The molecular formula is C15H18N2. The maximum atomic E-state index is 8.95. The molecule has 0 radical (unpaired) electrons. The first-order valence-electron chi connectivity index (χ1n) is 6.32. The predicted octanol–water partition coefficient (Wildman–Crippen LogP) is 3.43. The van der Waals surface area contributed by atoms with Crippen molar-refractivity contribution in [3.8, 4) is 6.07 Å². The van der Waals surface area contributed by atoms with E-state index in [2.05, 4.69) is 23.1 Å². The van der Waals surface area contributed by atoms with E-state index >= 15 is 0 Å². The van der Waals surface area contributed by atoms with Gasteiger partial charge in [-0.15, -0.1) is 0 Å². The van der Waals surface area contributed by atoms with Crippen LogP contribution in [0.2, 0.25) is 0 Å². The number of allylic oxidation sites excluding steroid dienone is 1. The summed E-state index contributed by atoms with van der Waals surface area (Å²) in [5.41, 5.74) is 2.23. The Morgan fingerprint density at radius 3 is 2.29 bits per heavy atom. The van der Waals surface area contributed by atoms with Gasteiger partial charge in [-0.2, -0.15) is 5.26 Å². The lowest BCUT2D eigenvalue weighted by Gasteiger charge is -2.25. The highest BCUT2D eigenvalue weighted by molar-refractivity contribution is 5.66. The SMILES string of the molecule is N#C/C=C(/c1ccccc1)N1CCCCCC1. The van der Waals surface area contributed by atoms with Gasteiger partial charge in [-0.05, 0) is 18.4 Å². The molecule has 0 N–H and O–H groups in total. The monoisotopic (exact) mass is 226 g/mol. The fourth-order valence-corrected chi connectivity index (χ4v) is 2.34. The number of nitrogens with zero attached hydrogens (tertiary/aromatic N) is 2. The molecule has 1 saturated heterocycles. The standard InChI is InChI=1S/C15H18N2/c16-11-10-15(14-8-4-3-5-9-14)17-12-6-1-2-7-13-17/h3-5,8-10H,1-2,6-7,12-13H2/b15-10-. The van der Waals surface area contributed by atoms with Crippen LogP contribution in [0.3, 0.4) is 0 Å². The predicted molar refractivity (Wildman–Crippen MR) is 70.1 cm³/mol. The van der Waals surface area contributed by atoms with Crippen molar-refractivity contribution in [1.29, 1.82) is 5.26 Å². The first-order valence-corrected chi connectivity index (χ1v) is 6.32. The summed E-state index contributed by atoms with van der Waals surface area (Å²) in [4.78, 5) is 2.35. The van der Waals surface area contributed by atoms with E-state index in [9.17, 15) is 0 Å². The van der Waals surface area contributed by atoms with Crippen LogP contribution in [0.25, 0.3) is 5.70 Å². The minimum absolute atomic E-state index is 1.07. The third kappa shape index (κ3) is 3.10. The van der Waals surface area contributed by atoms with Crippen LogP contribution in [0.4, 0.5) is 0 Å². The van der Waals surface area contributed by atoms with Gasteiger partial charge in [0, 0.05) is 19.2 Å². The molecule has 0 aliphatic carbocycles. The van der Waals surface area contributed by atoms with Crippen LogP contribution in [0.15, 0.2) is 36.4 Å². The van der Waals surface area contributed by atoms with E-state index in [1.807, 2.05) is 18.2 Å². The number of benzene rings is 1. The maximum Gasteiger partial charge on any atom is 0.0934 e. The van der Waals surface area contributed by atoms with Crippen molar-refractivity contribution in [2.24, 2.45) is 0 Å². The Hall–Kier alpha value is -1.75. The van der Waals surface area contributed by atoms with Crippen LogP contribution in [0, 0.1) is 11.3 Å². The van der Waals surface area contributed by atoms with Gasteiger partial charge in [-0.3, -0.25) is 0 Å². The van der Waals surface area contributed by atoms with E-state index in [1.165, 1.54) is 25.7 Å². The van der Waals surface area contributed by atoms with Crippen LogP contribution < -0.4 is 0 Å². The van der Waals surface area contributed by atoms with Crippen molar-refractivity contribution in [3.05, 3.63) is 42.0 Å². The van der Waals surface area contributed by atoms with Crippen LogP contribution in [0.5, 0.6) is 0 Å². The van der Waals surface area contributed by atoms with E-state index in [-0.39, 0.29) is 0 Å². The van der Waals surface area contributed by atoms with Crippen molar-refractivity contribution in [3.63, 3.8) is 0 Å². The molecule has 0 spiro atoms. The first kappa shape index (κ1) is 11.7. The summed E-state index contributed by atoms with van der Waals surface area (Å²) in [5.74, 6) is 0. The van der Waals surface area contributed by atoms with Crippen molar-refractivity contribution in [2.75, 3.05) is 13.1 Å². The van der Waals surface area contributed by atoms with E-state index in [1.54, 1.807) is 6.08 Å². The van der Waals surface area contributed by atoms with Gasteiger partial charge in [-0.1, -0.05) is 43.2 Å². The molecule has 88 valence electrons. The number of likely N-dealkylation sites (tertiary alicyclic amines) is 1. The highest BCUT2D eigenvalue weighted by Crippen LogP contribution is 2.22. The zero-order valence-electron chi connectivity index (χ0n) is 10.1. The Morgan fingerprint density at radius 1 is 1.06 bits per heavy atom. The van der Waals surface area contributed by atoms with Crippen molar-refractivity contribution in [1.82, 2.24) is 4.90 Å². The van der Waals surface area contributed by atoms with Crippen LogP contribution >= 0.6 is 0 Å².